The van der Waals surface area contributed by atoms with Crippen molar-refractivity contribution in [2.45, 2.75) is 11.8 Å². The highest BCUT2D eigenvalue weighted by atomic mass is 35.5. The van der Waals surface area contributed by atoms with Crippen LogP contribution >= 0.6 is 11.6 Å². The lowest BCUT2D eigenvalue weighted by atomic mass is 10.1. The van der Waals surface area contributed by atoms with Crippen molar-refractivity contribution in [2.75, 3.05) is 0 Å². The molecular formula is C21H16ClNO2S. The predicted molar refractivity (Wildman–Crippen MR) is 105 cm³/mol. The van der Waals surface area contributed by atoms with Gasteiger partial charge in [0.2, 0.25) is 0 Å². The molecular weight excluding hydrogens is 366 g/mol. The fourth-order valence-electron chi connectivity index (χ4n) is 3.15. The smallest absolute Gasteiger partial charge is 0.261 e. The summed E-state index contributed by atoms with van der Waals surface area (Å²) in [5.74, 6) is 0. The molecule has 3 aromatic rings. The minimum Gasteiger partial charge on any atom is -0.286 e. The van der Waals surface area contributed by atoms with Crippen molar-refractivity contribution in [3.8, 4) is 11.1 Å². The van der Waals surface area contributed by atoms with Crippen LogP contribution in [0.5, 0.6) is 0 Å². The van der Waals surface area contributed by atoms with Gasteiger partial charge in [0.15, 0.2) is 0 Å². The maximum Gasteiger partial charge on any atom is 0.261 e. The van der Waals surface area contributed by atoms with Crippen molar-refractivity contribution < 1.29 is 8.42 Å². The summed E-state index contributed by atoms with van der Waals surface area (Å²) in [5.41, 5.74) is 5.85. The van der Waals surface area contributed by atoms with Gasteiger partial charge in [0.25, 0.3) is 10.0 Å². The molecule has 1 N–H and O–H groups in total. The van der Waals surface area contributed by atoms with E-state index in [4.69, 9.17) is 11.6 Å². The summed E-state index contributed by atoms with van der Waals surface area (Å²) >= 11 is 6.15. The number of benzene rings is 3. The highest BCUT2D eigenvalue weighted by molar-refractivity contribution is 7.89. The van der Waals surface area contributed by atoms with Crippen LogP contribution < -0.4 is 4.72 Å². The van der Waals surface area contributed by atoms with Crippen LogP contribution in [0, 0.1) is 6.92 Å². The summed E-state index contributed by atoms with van der Waals surface area (Å²) in [6.07, 6.45) is 1.56. The molecule has 5 heteroatoms. The number of fused-ring (bicyclic) bond motifs is 3. The largest absolute Gasteiger partial charge is 0.286 e. The zero-order chi connectivity index (χ0) is 18.3. The summed E-state index contributed by atoms with van der Waals surface area (Å²) in [6.45, 7) is 1.92. The molecule has 0 aliphatic heterocycles. The second-order valence-electron chi connectivity index (χ2n) is 6.23. The van der Waals surface area contributed by atoms with Crippen molar-refractivity contribution in [2.24, 2.45) is 0 Å². The van der Waals surface area contributed by atoms with Gasteiger partial charge in [-0.3, -0.25) is 4.72 Å². The van der Waals surface area contributed by atoms with Crippen LogP contribution in [0.25, 0.3) is 16.7 Å². The first-order valence-electron chi connectivity index (χ1n) is 8.14. The molecule has 3 nitrogen and oxygen atoms in total. The Bertz CT molecular complexity index is 1130. The van der Waals surface area contributed by atoms with E-state index in [1.54, 1.807) is 30.5 Å². The minimum atomic E-state index is -3.63. The van der Waals surface area contributed by atoms with Gasteiger partial charge < -0.3 is 0 Å². The Labute approximate surface area is 158 Å². The number of rotatable bonds is 3. The van der Waals surface area contributed by atoms with Gasteiger partial charge >= 0.3 is 0 Å². The second-order valence-corrected chi connectivity index (χ2v) is 8.38. The molecule has 0 unspecified atom stereocenters. The van der Waals surface area contributed by atoms with Gasteiger partial charge in [-0.25, -0.2) is 8.42 Å². The topological polar surface area (TPSA) is 46.2 Å². The fraction of sp³-hybridized carbons (Fsp3) is 0.0476. The lowest BCUT2D eigenvalue weighted by molar-refractivity contribution is 0.590. The molecule has 0 saturated heterocycles. The monoisotopic (exact) mass is 381 g/mol. The predicted octanol–water partition coefficient (Wildman–Crippen LogP) is 5.00. The third-order valence-corrected chi connectivity index (χ3v) is 6.02. The van der Waals surface area contributed by atoms with Crippen molar-refractivity contribution >= 4 is 27.2 Å². The van der Waals surface area contributed by atoms with E-state index in [1.807, 2.05) is 49.4 Å². The van der Waals surface area contributed by atoms with E-state index in [-0.39, 0.29) is 4.90 Å². The molecule has 0 atom stereocenters. The van der Waals surface area contributed by atoms with E-state index < -0.39 is 10.0 Å². The van der Waals surface area contributed by atoms with Gasteiger partial charge in [-0.1, -0.05) is 59.6 Å². The van der Waals surface area contributed by atoms with E-state index in [0.29, 0.717) is 5.02 Å². The van der Waals surface area contributed by atoms with Crippen LogP contribution in [0.3, 0.4) is 0 Å². The molecule has 3 aromatic carbocycles. The van der Waals surface area contributed by atoms with E-state index >= 15 is 0 Å². The third-order valence-electron chi connectivity index (χ3n) is 4.47. The number of hydrogen-bond acceptors (Lipinski definition) is 2. The molecule has 0 spiro atoms. The number of nitrogens with one attached hydrogen (secondary N) is 1. The maximum absolute atomic E-state index is 12.6. The Hall–Kier alpha value is -2.56. The summed E-state index contributed by atoms with van der Waals surface area (Å²) < 4.78 is 27.8. The average molecular weight is 382 g/mol. The van der Waals surface area contributed by atoms with Gasteiger partial charge in [-0.05, 0) is 53.4 Å². The molecule has 0 heterocycles. The summed E-state index contributed by atoms with van der Waals surface area (Å²) in [6, 6.07) is 20.3. The molecule has 1 aliphatic rings. The summed E-state index contributed by atoms with van der Waals surface area (Å²) in [4.78, 5) is 0.238. The molecule has 0 bridgehead atoms. The zero-order valence-corrected chi connectivity index (χ0v) is 15.6. The number of halogens is 1. The molecule has 0 amide bonds. The molecule has 26 heavy (non-hydrogen) atoms. The molecule has 0 aromatic heterocycles. The van der Waals surface area contributed by atoms with Crippen LogP contribution in [0.1, 0.15) is 16.7 Å². The van der Waals surface area contributed by atoms with Crippen LogP contribution in [-0.4, -0.2) is 8.42 Å². The normalized spacial score (nSPS) is 14.2. The lowest BCUT2D eigenvalue weighted by Crippen LogP contribution is -2.18. The Morgan fingerprint density at radius 2 is 1.50 bits per heavy atom. The minimum absolute atomic E-state index is 0.238. The molecule has 0 radical (unpaired) electrons. The number of sulfonamides is 1. The highest BCUT2D eigenvalue weighted by Crippen LogP contribution is 2.44. The Morgan fingerprint density at radius 3 is 2.23 bits per heavy atom. The van der Waals surface area contributed by atoms with Crippen LogP contribution in [0.2, 0.25) is 5.02 Å². The molecule has 0 saturated carbocycles. The van der Waals surface area contributed by atoms with Gasteiger partial charge in [0.05, 0.1) is 4.90 Å². The average Bonchev–Trinajstić information content (AvgIpc) is 2.94. The highest BCUT2D eigenvalue weighted by Gasteiger charge is 2.24. The van der Waals surface area contributed by atoms with E-state index in [2.05, 4.69) is 4.72 Å². The van der Waals surface area contributed by atoms with Gasteiger partial charge in [-0.2, -0.15) is 0 Å². The zero-order valence-electron chi connectivity index (χ0n) is 14.0. The molecule has 4 rings (SSSR count). The second kappa shape index (κ2) is 6.31. The lowest BCUT2D eigenvalue weighted by Gasteiger charge is -2.07. The molecule has 130 valence electrons. The quantitative estimate of drug-likeness (QED) is 0.543. The van der Waals surface area contributed by atoms with E-state index in [1.165, 1.54) is 0 Å². The number of aryl methyl sites for hydroxylation is 1. The van der Waals surface area contributed by atoms with Gasteiger partial charge in [0.1, 0.15) is 0 Å². The van der Waals surface area contributed by atoms with Crippen molar-refractivity contribution in [1.82, 2.24) is 4.72 Å². The molecule has 1 aliphatic carbocycles. The number of hydrogen-bond donors (Lipinski definition) is 1. The fourth-order valence-corrected chi connectivity index (χ4v) is 4.23. The van der Waals surface area contributed by atoms with Gasteiger partial charge in [0, 0.05) is 16.8 Å². The van der Waals surface area contributed by atoms with Crippen LogP contribution in [0.4, 0.5) is 0 Å². The SMILES string of the molecule is Cc1ccc(S(=O)(=O)NC=C2c3ccccc3-c3cc(Cl)ccc32)cc1. The first-order valence-corrected chi connectivity index (χ1v) is 10.0. The Kier molecular flexibility index (Phi) is 4.10. The van der Waals surface area contributed by atoms with Crippen LogP contribution in [-0.2, 0) is 10.0 Å². The van der Waals surface area contributed by atoms with E-state index in [9.17, 15) is 8.42 Å². The Balaban J connectivity index is 1.77. The maximum atomic E-state index is 12.6. The van der Waals surface area contributed by atoms with Crippen molar-refractivity contribution in [1.29, 1.82) is 0 Å². The molecule has 0 fully saturated rings. The Morgan fingerprint density at radius 1 is 0.846 bits per heavy atom. The third kappa shape index (κ3) is 2.91. The van der Waals surface area contributed by atoms with Crippen LogP contribution in [0.15, 0.2) is 77.8 Å². The van der Waals surface area contributed by atoms with Gasteiger partial charge in [-0.15, -0.1) is 0 Å². The van der Waals surface area contributed by atoms with E-state index in [0.717, 1.165) is 33.4 Å². The standard InChI is InChI=1S/C21H16ClNO2S/c1-14-6-9-16(10-7-14)26(24,25)23-13-21-18-5-3-2-4-17(18)20-12-15(22)8-11-19(20)21/h2-13,23H,1H3. The summed E-state index contributed by atoms with van der Waals surface area (Å²) in [7, 11) is -3.63. The van der Waals surface area contributed by atoms with Crippen molar-refractivity contribution in [3.63, 3.8) is 0 Å². The summed E-state index contributed by atoms with van der Waals surface area (Å²) in [5, 5.41) is 0.653. The first-order chi connectivity index (χ1) is 12.5. The van der Waals surface area contributed by atoms with Crippen molar-refractivity contribution in [3.05, 3.63) is 94.6 Å². The first kappa shape index (κ1) is 16.9.